The molecule has 0 spiro atoms. The van der Waals surface area contributed by atoms with E-state index in [9.17, 15) is 10.0 Å². The summed E-state index contributed by atoms with van der Waals surface area (Å²) in [6.45, 7) is 7.41. The molecule has 78 valence electrons. The number of benzene rings is 1. The minimum Gasteiger partial charge on any atom is -0.496 e. The van der Waals surface area contributed by atoms with Gasteiger partial charge < -0.3 is 14.8 Å². The highest BCUT2D eigenvalue weighted by Crippen LogP contribution is 1.91. The van der Waals surface area contributed by atoms with Crippen molar-refractivity contribution >= 4 is 24.9 Å². The minimum atomic E-state index is -1.55. The van der Waals surface area contributed by atoms with E-state index in [2.05, 4.69) is 13.2 Å². The summed E-state index contributed by atoms with van der Waals surface area (Å²) >= 11 is 0. The summed E-state index contributed by atoms with van der Waals surface area (Å²) in [6.07, 6.45) is 1.51. The predicted octanol–water partition coefficient (Wildman–Crippen LogP) is -1.28. The molecule has 1 aromatic carbocycles. The Bertz CT molecular complexity index is 465. The van der Waals surface area contributed by atoms with E-state index in [0.29, 0.717) is 21.7 Å². The van der Waals surface area contributed by atoms with E-state index < -0.39 is 7.12 Å². The van der Waals surface area contributed by atoms with E-state index in [-0.39, 0.29) is 0 Å². The molecule has 0 radical (unpaired) electrons. The van der Waals surface area contributed by atoms with Crippen molar-refractivity contribution in [3.05, 3.63) is 41.3 Å². The van der Waals surface area contributed by atoms with Gasteiger partial charge in [-0.25, -0.2) is 0 Å². The summed E-state index contributed by atoms with van der Waals surface area (Å²) in [5, 5.41) is 19.6. The molecule has 0 heterocycles. The number of rotatable bonds is 3. The number of ether oxygens (including phenoxy) is 1. The van der Waals surface area contributed by atoms with E-state index in [1.807, 2.05) is 0 Å². The fraction of sp³-hybridized carbons (Fsp3) is 0.0909. The van der Waals surface area contributed by atoms with Crippen LogP contribution in [0.1, 0.15) is 0 Å². The first-order valence-corrected chi connectivity index (χ1v) is 4.46. The van der Waals surface area contributed by atoms with E-state index in [1.165, 1.54) is 13.2 Å². The van der Waals surface area contributed by atoms with E-state index in [1.54, 1.807) is 18.2 Å². The molecule has 0 aromatic heterocycles. The van der Waals surface area contributed by atoms with Crippen LogP contribution >= 0.6 is 0 Å². The molecule has 3 nitrogen and oxygen atoms in total. The van der Waals surface area contributed by atoms with Crippen LogP contribution in [0.4, 0.5) is 0 Å². The maximum atomic E-state index is 9.19. The van der Waals surface area contributed by atoms with Gasteiger partial charge in [0.2, 0.25) is 0 Å². The largest absolute Gasteiger partial charge is 0.496 e. The Labute approximate surface area is 88.8 Å². The quantitative estimate of drug-likeness (QED) is 0.603. The van der Waals surface area contributed by atoms with Crippen molar-refractivity contribution < 1.29 is 14.8 Å². The van der Waals surface area contributed by atoms with Crippen LogP contribution in [0.3, 0.4) is 0 Å². The van der Waals surface area contributed by atoms with Crippen molar-refractivity contribution in [1.29, 1.82) is 0 Å². The molecule has 0 saturated carbocycles. The number of hydrogen-bond acceptors (Lipinski definition) is 3. The van der Waals surface area contributed by atoms with Gasteiger partial charge in [0.1, 0.15) is 5.76 Å². The van der Waals surface area contributed by atoms with Crippen molar-refractivity contribution in [2.24, 2.45) is 0 Å². The Morgan fingerprint density at radius 2 is 2.13 bits per heavy atom. The Morgan fingerprint density at radius 1 is 1.47 bits per heavy atom. The summed E-state index contributed by atoms with van der Waals surface area (Å²) in [5.41, 5.74) is 0.360. The lowest BCUT2D eigenvalue weighted by molar-refractivity contribution is 0.369. The Balaban J connectivity index is 3.71. The second kappa shape index (κ2) is 4.82. The van der Waals surface area contributed by atoms with Gasteiger partial charge in [-0.05, 0) is 16.8 Å². The monoisotopic (exact) mass is 204 g/mol. The van der Waals surface area contributed by atoms with Gasteiger partial charge in [0.05, 0.1) is 7.11 Å². The standard InChI is InChI=1S/C11H13BO3/c1-4-10(15-3)11-8(2)6-5-7-9(11)12(13)14/h4-7,13-14H,1-2H2,3H3/b11-10-. The first kappa shape index (κ1) is 11.6. The van der Waals surface area contributed by atoms with Gasteiger partial charge in [-0.1, -0.05) is 31.4 Å². The van der Waals surface area contributed by atoms with Crippen molar-refractivity contribution in [2.45, 2.75) is 0 Å². The molecule has 0 amide bonds. The van der Waals surface area contributed by atoms with Crippen molar-refractivity contribution in [3.8, 4) is 0 Å². The Kier molecular flexibility index (Phi) is 3.71. The molecule has 0 aliphatic rings. The third kappa shape index (κ3) is 2.29. The molecule has 0 atom stereocenters. The average Bonchev–Trinajstić information content (AvgIpc) is 2.21. The molecule has 0 unspecified atom stereocenters. The van der Waals surface area contributed by atoms with Crippen molar-refractivity contribution in [3.63, 3.8) is 0 Å². The van der Waals surface area contributed by atoms with Crippen LogP contribution in [0, 0.1) is 0 Å². The summed E-state index contributed by atoms with van der Waals surface area (Å²) in [6, 6.07) is 5.08. The number of methoxy groups -OCH3 is 1. The second-order valence-corrected chi connectivity index (χ2v) is 3.03. The van der Waals surface area contributed by atoms with Gasteiger partial charge >= 0.3 is 7.12 Å². The van der Waals surface area contributed by atoms with Crippen LogP contribution in [-0.2, 0) is 4.74 Å². The predicted molar refractivity (Wildman–Crippen MR) is 61.7 cm³/mol. The third-order valence-electron chi connectivity index (χ3n) is 2.11. The van der Waals surface area contributed by atoms with Gasteiger partial charge in [-0.3, -0.25) is 0 Å². The summed E-state index contributed by atoms with van der Waals surface area (Å²) < 4.78 is 5.09. The van der Waals surface area contributed by atoms with Crippen molar-refractivity contribution in [1.82, 2.24) is 0 Å². The van der Waals surface area contributed by atoms with Crippen LogP contribution in [0.2, 0.25) is 0 Å². The summed E-state index contributed by atoms with van der Waals surface area (Å²) in [4.78, 5) is 0. The minimum absolute atomic E-state index is 0.360. The van der Waals surface area contributed by atoms with Crippen LogP contribution in [0.5, 0.6) is 0 Å². The van der Waals surface area contributed by atoms with Gasteiger partial charge in [0.25, 0.3) is 0 Å². The molecule has 0 aliphatic heterocycles. The molecule has 0 aliphatic carbocycles. The zero-order valence-corrected chi connectivity index (χ0v) is 8.60. The normalized spacial score (nSPS) is 11.9. The molecule has 1 rings (SSSR count). The fourth-order valence-electron chi connectivity index (χ4n) is 1.42. The maximum Gasteiger partial charge on any atom is 0.489 e. The molecule has 0 fully saturated rings. The van der Waals surface area contributed by atoms with Crippen LogP contribution < -0.4 is 15.9 Å². The lowest BCUT2D eigenvalue weighted by Gasteiger charge is -2.05. The Hall–Kier alpha value is -1.52. The van der Waals surface area contributed by atoms with Gasteiger partial charge in [0, 0.05) is 5.22 Å². The van der Waals surface area contributed by atoms with Crippen LogP contribution in [-0.4, -0.2) is 24.3 Å². The first-order chi connectivity index (χ1) is 7.11. The Morgan fingerprint density at radius 3 is 2.60 bits per heavy atom. The summed E-state index contributed by atoms with van der Waals surface area (Å²) in [7, 11) is -0.0522. The number of hydrogen-bond donors (Lipinski definition) is 2. The van der Waals surface area contributed by atoms with Crippen LogP contribution in [0.25, 0.3) is 12.3 Å². The maximum absolute atomic E-state index is 9.19. The zero-order chi connectivity index (χ0) is 11.4. The fourth-order valence-corrected chi connectivity index (χ4v) is 1.42. The second-order valence-electron chi connectivity index (χ2n) is 3.03. The molecule has 1 aromatic rings. The van der Waals surface area contributed by atoms with Gasteiger partial charge in [-0.15, -0.1) is 0 Å². The molecular formula is C11H13BO3. The molecule has 15 heavy (non-hydrogen) atoms. The smallest absolute Gasteiger partial charge is 0.489 e. The van der Waals surface area contributed by atoms with E-state index in [4.69, 9.17) is 4.74 Å². The molecule has 2 N–H and O–H groups in total. The molecule has 0 bridgehead atoms. The van der Waals surface area contributed by atoms with Crippen LogP contribution in [0.15, 0.2) is 30.9 Å². The molecule has 0 saturated heterocycles. The zero-order valence-electron chi connectivity index (χ0n) is 8.60. The highest BCUT2D eigenvalue weighted by Gasteiger charge is 2.14. The SMILES string of the molecule is C=C/C(OC)=c1/c(B(O)O)cccc1=C. The van der Waals surface area contributed by atoms with Crippen molar-refractivity contribution in [2.75, 3.05) is 7.11 Å². The lowest BCUT2D eigenvalue weighted by Crippen LogP contribution is -2.49. The highest BCUT2D eigenvalue weighted by atomic mass is 16.5. The molecular weight excluding hydrogens is 191 g/mol. The topological polar surface area (TPSA) is 49.7 Å². The third-order valence-corrected chi connectivity index (χ3v) is 2.11. The van der Waals surface area contributed by atoms with E-state index >= 15 is 0 Å². The average molecular weight is 204 g/mol. The molecule has 4 heteroatoms. The first-order valence-electron chi connectivity index (χ1n) is 4.46. The van der Waals surface area contributed by atoms with E-state index in [0.717, 1.165) is 0 Å². The highest BCUT2D eigenvalue weighted by molar-refractivity contribution is 6.58. The summed E-state index contributed by atoms with van der Waals surface area (Å²) in [5.74, 6) is 0.476. The lowest BCUT2D eigenvalue weighted by atomic mass is 9.78. The van der Waals surface area contributed by atoms with Gasteiger partial charge in [-0.2, -0.15) is 0 Å². The van der Waals surface area contributed by atoms with Gasteiger partial charge in [0.15, 0.2) is 0 Å².